The average Bonchev–Trinajstić information content (AvgIpc) is 3.90. The third-order valence-electron chi connectivity index (χ3n) is 10.3. The zero-order chi connectivity index (χ0) is 34.2. The van der Waals surface area contributed by atoms with Crippen LogP contribution in [0.3, 0.4) is 0 Å². The van der Waals surface area contributed by atoms with Crippen molar-refractivity contribution in [1.82, 2.24) is 0 Å². The highest BCUT2D eigenvalue weighted by molar-refractivity contribution is 7.30. The molecular formula is C48H29NS3. The van der Waals surface area contributed by atoms with Crippen LogP contribution in [0.2, 0.25) is 0 Å². The Hall–Kier alpha value is -5.78. The lowest BCUT2D eigenvalue weighted by Gasteiger charge is -2.27. The standard InChI is InChI=1S/C48H29NS3/c1-2-10-30(11-3-1)31-20-24-33(25-21-31)49(34-26-22-32(23-27-34)35-14-8-15-38-36-12-4-6-17-41(36)51-47(35)38)40-16-9-19-43-45(40)46-44(50-43)29-28-39-37-13-5-7-18-42(37)52-48(39)46/h1-29H. The van der Waals surface area contributed by atoms with Gasteiger partial charge in [0.2, 0.25) is 0 Å². The number of anilines is 3. The van der Waals surface area contributed by atoms with Crippen LogP contribution in [0.15, 0.2) is 176 Å². The first-order valence-electron chi connectivity index (χ1n) is 17.5. The topological polar surface area (TPSA) is 3.24 Å². The maximum Gasteiger partial charge on any atom is 0.0555 e. The highest BCUT2D eigenvalue weighted by Crippen LogP contribution is 2.50. The van der Waals surface area contributed by atoms with E-state index in [1.807, 2.05) is 34.0 Å². The molecule has 11 rings (SSSR count). The van der Waals surface area contributed by atoms with Gasteiger partial charge in [-0.25, -0.2) is 0 Å². The van der Waals surface area contributed by atoms with E-state index in [4.69, 9.17) is 0 Å². The van der Waals surface area contributed by atoms with Crippen molar-refractivity contribution < 1.29 is 0 Å². The van der Waals surface area contributed by atoms with Gasteiger partial charge in [0.1, 0.15) is 0 Å². The van der Waals surface area contributed by atoms with E-state index >= 15 is 0 Å². The molecule has 0 aliphatic carbocycles. The van der Waals surface area contributed by atoms with Gasteiger partial charge >= 0.3 is 0 Å². The Morgan fingerprint density at radius 2 is 0.846 bits per heavy atom. The minimum Gasteiger partial charge on any atom is -0.310 e. The van der Waals surface area contributed by atoms with E-state index in [2.05, 4.69) is 181 Å². The first-order valence-corrected chi connectivity index (χ1v) is 20.0. The average molecular weight is 716 g/mol. The number of rotatable bonds is 5. The van der Waals surface area contributed by atoms with E-state index < -0.39 is 0 Å². The van der Waals surface area contributed by atoms with Gasteiger partial charge < -0.3 is 4.90 Å². The second kappa shape index (κ2) is 11.9. The second-order valence-corrected chi connectivity index (χ2v) is 16.4. The summed E-state index contributed by atoms with van der Waals surface area (Å²) in [6.07, 6.45) is 0. The summed E-state index contributed by atoms with van der Waals surface area (Å²) >= 11 is 5.69. The van der Waals surface area contributed by atoms with Crippen molar-refractivity contribution in [2.45, 2.75) is 0 Å². The van der Waals surface area contributed by atoms with Crippen LogP contribution in [0.5, 0.6) is 0 Å². The molecular weight excluding hydrogens is 687 g/mol. The van der Waals surface area contributed by atoms with Gasteiger partial charge in [-0.2, -0.15) is 0 Å². The molecule has 0 atom stereocenters. The molecule has 0 aliphatic rings. The van der Waals surface area contributed by atoms with E-state index in [1.165, 1.54) is 88.5 Å². The summed E-state index contributed by atoms with van der Waals surface area (Å²) in [5.74, 6) is 0. The number of hydrogen-bond acceptors (Lipinski definition) is 4. The normalized spacial score (nSPS) is 11.8. The lowest BCUT2D eigenvalue weighted by atomic mass is 10.0. The highest BCUT2D eigenvalue weighted by atomic mass is 32.1. The SMILES string of the molecule is c1ccc(-c2ccc(N(c3ccc(-c4cccc5c4sc4ccccc45)cc3)c3cccc4sc5ccc6c7ccccc7sc6c5c34)cc2)cc1. The van der Waals surface area contributed by atoms with E-state index in [-0.39, 0.29) is 0 Å². The Bertz CT molecular complexity index is 3110. The maximum absolute atomic E-state index is 2.46. The molecule has 0 unspecified atom stereocenters. The molecule has 1 nitrogen and oxygen atoms in total. The van der Waals surface area contributed by atoms with Crippen molar-refractivity contribution in [1.29, 1.82) is 0 Å². The van der Waals surface area contributed by atoms with Crippen molar-refractivity contribution >= 4 is 112 Å². The fourth-order valence-electron chi connectivity index (χ4n) is 7.88. The van der Waals surface area contributed by atoms with Gasteiger partial charge in [0.25, 0.3) is 0 Å². The number of nitrogens with zero attached hydrogens (tertiary/aromatic N) is 1. The van der Waals surface area contributed by atoms with Crippen LogP contribution >= 0.6 is 34.0 Å². The molecule has 0 aliphatic heterocycles. The molecule has 52 heavy (non-hydrogen) atoms. The van der Waals surface area contributed by atoms with Crippen LogP contribution in [0.25, 0.3) is 82.8 Å². The molecule has 3 heterocycles. The molecule has 0 bridgehead atoms. The van der Waals surface area contributed by atoms with Crippen LogP contribution in [0.1, 0.15) is 0 Å². The second-order valence-electron chi connectivity index (χ2n) is 13.2. The fraction of sp³-hybridized carbons (Fsp3) is 0. The quantitative estimate of drug-likeness (QED) is 0.171. The molecule has 4 heteroatoms. The monoisotopic (exact) mass is 715 g/mol. The summed E-state index contributed by atoms with van der Waals surface area (Å²) in [5, 5.41) is 7.99. The Kier molecular flexibility index (Phi) is 6.84. The molecule has 244 valence electrons. The molecule has 11 aromatic rings. The van der Waals surface area contributed by atoms with Crippen molar-refractivity contribution in [3.63, 3.8) is 0 Å². The lowest BCUT2D eigenvalue weighted by Crippen LogP contribution is -2.10. The van der Waals surface area contributed by atoms with Gasteiger partial charge in [-0.1, -0.05) is 121 Å². The van der Waals surface area contributed by atoms with Crippen LogP contribution in [-0.2, 0) is 0 Å². The van der Waals surface area contributed by atoms with E-state index in [0.717, 1.165) is 11.4 Å². The number of hydrogen-bond donors (Lipinski definition) is 0. The van der Waals surface area contributed by atoms with Crippen molar-refractivity contribution in [2.75, 3.05) is 4.90 Å². The van der Waals surface area contributed by atoms with Crippen LogP contribution in [0, 0.1) is 0 Å². The predicted molar refractivity (Wildman–Crippen MR) is 231 cm³/mol. The van der Waals surface area contributed by atoms with E-state index in [0.29, 0.717) is 0 Å². The summed E-state index contributed by atoms with van der Waals surface area (Å²) in [5.41, 5.74) is 8.40. The van der Waals surface area contributed by atoms with Gasteiger partial charge in [-0.15, -0.1) is 34.0 Å². The molecule has 0 radical (unpaired) electrons. The summed E-state index contributed by atoms with van der Waals surface area (Å²) in [7, 11) is 0. The molecule has 0 N–H and O–H groups in total. The molecule has 0 spiro atoms. The first-order chi connectivity index (χ1) is 25.8. The predicted octanol–water partition coefficient (Wildman–Crippen LogP) is 15.6. The Morgan fingerprint density at radius 1 is 0.308 bits per heavy atom. The van der Waals surface area contributed by atoms with Gasteiger partial charge in [-0.3, -0.25) is 0 Å². The number of thiophene rings is 3. The first kappa shape index (κ1) is 29.9. The summed E-state index contributed by atoms with van der Waals surface area (Å²) < 4.78 is 7.99. The molecule has 0 fully saturated rings. The molecule has 0 saturated heterocycles. The maximum atomic E-state index is 2.46. The van der Waals surface area contributed by atoms with E-state index in [9.17, 15) is 0 Å². The number of fused-ring (bicyclic) bond motifs is 10. The molecule has 8 aromatic carbocycles. The largest absolute Gasteiger partial charge is 0.310 e. The van der Waals surface area contributed by atoms with Crippen LogP contribution < -0.4 is 4.90 Å². The summed E-state index contributed by atoms with van der Waals surface area (Å²) in [6, 6.07) is 64.6. The smallest absolute Gasteiger partial charge is 0.0555 e. The molecule has 0 amide bonds. The molecule has 3 aromatic heterocycles. The summed E-state index contributed by atoms with van der Waals surface area (Å²) in [4.78, 5) is 2.46. The Balaban J connectivity index is 1.12. The van der Waals surface area contributed by atoms with Crippen molar-refractivity contribution in [3.8, 4) is 22.3 Å². The van der Waals surface area contributed by atoms with E-state index in [1.54, 1.807) is 0 Å². The van der Waals surface area contributed by atoms with Gasteiger partial charge in [0.05, 0.1) is 5.69 Å². The van der Waals surface area contributed by atoms with Crippen molar-refractivity contribution in [2.24, 2.45) is 0 Å². The Morgan fingerprint density at radius 3 is 1.58 bits per heavy atom. The number of benzene rings is 8. The van der Waals surface area contributed by atoms with Gasteiger partial charge in [0.15, 0.2) is 0 Å². The lowest BCUT2D eigenvalue weighted by molar-refractivity contribution is 1.30. The van der Waals surface area contributed by atoms with Crippen molar-refractivity contribution in [3.05, 3.63) is 176 Å². The van der Waals surface area contributed by atoms with Gasteiger partial charge in [-0.05, 0) is 76.9 Å². The van der Waals surface area contributed by atoms with Crippen LogP contribution in [-0.4, -0.2) is 0 Å². The third-order valence-corrected chi connectivity index (χ3v) is 13.8. The van der Waals surface area contributed by atoms with Gasteiger partial charge in [0, 0.05) is 71.9 Å². The highest BCUT2D eigenvalue weighted by Gasteiger charge is 2.21. The zero-order valence-corrected chi connectivity index (χ0v) is 30.4. The Labute approximate surface area is 312 Å². The minimum absolute atomic E-state index is 1.13. The third kappa shape index (κ3) is 4.65. The zero-order valence-electron chi connectivity index (χ0n) is 27.9. The molecule has 0 saturated carbocycles. The summed E-state index contributed by atoms with van der Waals surface area (Å²) in [6.45, 7) is 0. The van der Waals surface area contributed by atoms with Crippen LogP contribution in [0.4, 0.5) is 17.1 Å². The minimum atomic E-state index is 1.13. The fourth-order valence-corrected chi connectivity index (χ4v) is 11.6.